The molecule has 2 atom stereocenters. The Labute approximate surface area is 103 Å². The first-order chi connectivity index (χ1) is 8.34. The van der Waals surface area contributed by atoms with Gasteiger partial charge in [-0.25, -0.2) is 5.48 Å². The summed E-state index contributed by atoms with van der Waals surface area (Å²) >= 11 is 0. The van der Waals surface area contributed by atoms with E-state index in [-0.39, 0.29) is 0 Å². The van der Waals surface area contributed by atoms with Gasteiger partial charge in [-0.15, -0.1) is 9.35 Å². The van der Waals surface area contributed by atoms with Crippen LogP contribution in [0.15, 0.2) is 0 Å². The van der Waals surface area contributed by atoms with Crippen LogP contribution in [-0.2, 0) is 32.4 Å². The highest BCUT2D eigenvalue weighted by molar-refractivity contribution is 7.56. The van der Waals surface area contributed by atoms with Crippen molar-refractivity contribution in [1.82, 2.24) is 5.48 Å². The Hall–Kier alpha value is -0.350. The van der Waals surface area contributed by atoms with E-state index >= 15 is 0 Å². The lowest BCUT2D eigenvalue weighted by Gasteiger charge is -2.18. The normalized spacial score (nSPS) is 17.8. The molecule has 108 valence electrons. The van der Waals surface area contributed by atoms with Gasteiger partial charge in [-0.2, -0.15) is 4.62 Å². The third-order valence-electron chi connectivity index (χ3n) is 1.47. The Balaban J connectivity index is 4.44. The Kier molecular flexibility index (Phi) is 7.79. The van der Waals surface area contributed by atoms with Gasteiger partial charge in [0.1, 0.15) is 6.29 Å². The minimum atomic E-state index is -4.03. The van der Waals surface area contributed by atoms with Gasteiger partial charge >= 0.3 is 15.2 Å². The zero-order valence-corrected chi connectivity index (χ0v) is 11.4. The van der Waals surface area contributed by atoms with Gasteiger partial charge in [0.15, 0.2) is 0 Å². The predicted octanol–water partition coefficient (Wildman–Crippen LogP) is -1.19. The largest absolute Gasteiger partial charge is 0.392 e. The Bertz CT molecular complexity index is 356. The van der Waals surface area contributed by atoms with Gasteiger partial charge in [-0.1, -0.05) is 0 Å². The molecule has 0 aliphatic heterocycles. The molecule has 0 saturated carbocycles. The quantitative estimate of drug-likeness (QED) is 0.230. The predicted molar refractivity (Wildman–Crippen MR) is 60.8 cm³/mol. The zero-order valence-electron chi connectivity index (χ0n) is 9.61. The van der Waals surface area contributed by atoms with Crippen molar-refractivity contribution in [1.29, 1.82) is 0 Å². The zero-order chi connectivity index (χ0) is 14.2. The van der Waals surface area contributed by atoms with Crippen molar-refractivity contribution in [2.45, 2.75) is 0 Å². The number of hydroxylamine groups is 1. The molecule has 13 heteroatoms. The number of carbonyl (C=O) groups is 1. The van der Waals surface area contributed by atoms with Crippen LogP contribution >= 0.6 is 15.2 Å². The number of carbonyl (C=O) groups excluding carboxylic acids is 1. The van der Waals surface area contributed by atoms with E-state index in [4.69, 9.17) is 17.2 Å². The van der Waals surface area contributed by atoms with E-state index in [2.05, 4.69) is 18.5 Å². The van der Waals surface area contributed by atoms with Crippen LogP contribution in [0.4, 0.5) is 0 Å². The number of nitrogens with two attached hydrogens (primary N) is 3. The van der Waals surface area contributed by atoms with Crippen LogP contribution in [0, 0.1) is 0 Å². The summed E-state index contributed by atoms with van der Waals surface area (Å²) in [4.78, 5) is 10.8. The van der Waals surface area contributed by atoms with Gasteiger partial charge in [0.2, 0.25) is 0 Å². The smallest absolute Gasteiger partial charge is 0.322 e. The third kappa shape index (κ3) is 6.01. The summed E-state index contributed by atoms with van der Waals surface area (Å²) < 4.78 is 40.6. The van der Waals surface area contributed by atoms with Gasteiger partial charge in [-0.3, -0.25) is 13.9 Å². The highest BCUT2D eigenvalue weighted by atomic mass is 31.2. The van der Waals surface area contributed by atoms with Crippen molar-refractivity contribution in [3.63, 3.8) is 0 Å². The van der Waals surface area contributed by atoms with Crippen LogP contribution in [-0.4, -0.2) is 32.1 Å². The Morgan fingerprint density at radius 3 is 2.00 bits per heavy atom. The maximum atomic E-state index is 11.7. The van der Waals surface area contributed by atoms with Gasteiger partial charge < -0.3 is 21.7 Å². The number of nitrogens with one attached hydrogen (secondary N) is 1. The minimum absolute atomic E-state index is 0.398. The molecular weight excluding hydrogens is 290 g/mol. The average Bonchev–Trinajstić information content (AvgIpc) is 2.42. The summed E-state index contributed by atoms with van der Waals surface area (Å²) in [5, 5.41) is 0. The highest BCUT2D eigenvalue weighted by Gasteiger charge is 2.32. The monoisotopic (exact) mass is 306 g/mol. The SMILES string of the molecule is COP(=O)(CN)OOP(=O)(CN)ONC(=O)CN. The van der Waals surface area contributed by atoms with Crippen molar-refractivity contribution in [2.24, 2.45) is 17.2 Å². The molecule has 2 unspecified atom stereocenters. The molecule has 1 amide bonds. The molecule has 0 aromatic carbocycles. The first-order valence-corrected chi connectivity index (χ1v) is 8.00. The second kappa shape index (κ2) is 7.95. The van der Waals surface area contributed by atoms with Crippen LogP contribution in [0.5, 0.6) is 0 Å². The van der Waals surface area contributed by atoms with Crippen LogP contribution in [0.2, 0.25) is 0 Å². The summed E-state index contributed by atoms with van der Waals surface area (Å²) in [5.41, 5.74) is 16.9. The molecule has 0 radical (unpaired) electrons. The van der Waals surface area contributed by atoms with E-state index in [1.807, 2.05) is 0 Å². The molecule has 0 aliphatic rings. The molecule has 0 rings (SSSR count). The number of amides is 1. The summed E-state index contributed by atoms with van der Waals surface area (Å²) in [5.74, 6) is -0.763. The molecule has 0 heterocycles. The van der Waals surface area contributed by atoms with Crippen molar-refractivity contribution in [2.75, 3.05) is 26.2 Å². The average molecular weight is 306 g/mol. The molecule has 7 N–H and O–H groups in total. The molecule has 0 bridgehead atoms. The van der Waals surface area contributed by atoms with E-state index in [1.54, 1.807) is 5.48 Å². The molecule has 11 nitrogen and oxygen atoms in total. The summed E-state index contributed by atoms with van der Waals surface area (Å²) in [6.07, 6.45) is -1.16. The molecule has 0 fully saturated rings. The van der Waals surface area contributed by atoms with Gasteiger partial charge in [0.05, 0.1) is 12.8 Å². The molecule has 0 saturated heterocycles. The Morgan fingerprint density at radius 1 is 1.11 bits per heavy atom. The van der Waals surface area contributed by atoms with Crippen LogP contribution in [0.1, 0.15) is 0 Å². The van der Waals surface area contributed by atoms with Crippen LogP contribution in [0.3, 0.4) is 0 Å². The second-order valence-corrected chi connectivity index (χ2v) is 6.76. The molecule has 0 spiro atoms. The minimum Gasteiger partial charge on any atom is -0.322 e. The lowest BCUT2D eigenvalue weighted by atomic mass is 10.7. The third-order valence-corrected chi connectivity index (χ3v) is 4.01. The first-order valence-electron chi connectivity index (χ1n) is 4.54. The summed E-state index contributed by atoms with van der Waals surface area (Å²) in [6.45, 7) is -0.398. The first kappa shape index (κ1) is 17.6. The highest BCUT2D eigenvalue weighted by Crippen LogP contribution is 2.54. The van der Waals surface area contributed by atoms with Crippen molar-refractivity contribution in [3.8, 4) is 0 Å². The maximum absolute atomic E-state index is 11.7. The molecule has 0 aromatic rings. The van der Waals surface area contributed by atoms with Crippen molar-refractivity contribution >= 4 is 21.1 Å². The fraction of sp³-hybridized carbons (Fsp3) is 0.800. The van der Waals surface area contributed by atoms with Crippen molar-refractivity contribution in [3.05, 3.63) is 0 Å². The molecule has 0 aliphatic carbocycles. The van der Waals surface area contributed by atoms with E-state index in [0.29, 0.717) is 0 Å². The lowest BCUT2D eigenvalue weighted by molar-refractivity contribution is -0.138. The van der Waals surface area contributed by atoms with Crippen LogP contribution < -0.4 is 22.7 Å². The fourth-order valence-electron chi connectivity index (χ4n) is 0.482. The maximum Gasteiger partial charge on any atom is 0.392 e. The topological polar surface area (TPSA) is 178 Å². The van der Waals surface area contributed by atoms with E-state index in [1.165, 1.54) is 0 Å². The lowest BCUT2D eigenvalue weighted by Crippen LogP contribution is -2.30. The summed E-state index contributed by atoms with van der Waals surface area (Å²) in [6, 6.07) is 0. The Morgan fingerprint density at radius 2 is 1.61 bits per heavy atom. The van der Waals surface area contributed by atoms with E-state index in [0.717, 1.165) is 7.11 Å². The molecule has 0 aromatic heterocycles. The number of hydrogen-bond donors (Lipinski definition) is 4. The fourth-order valence-corrected chi connectivity index (χ4v) is 1.97. The van der Waals surface area contributed by atoms with Crippen LogP contribution in [0.25, 0.3) is 0 Å². The molecule has 18 heavy (non-hydrogen) atoms. The van der Waals surface area contributed by atoms with Crippen molar-refractivity contribution < 1.29 is 32.4 Å². The number of hydrogen-bond acceptors (Lipinski definition) is 10. The van der Waals surface area contributed by atoms with E-state index in [9.17, 15) is 13.9 Å². The van der Waals surface area contributed by atoms with Gasteiger partial charge in [-0.05, 0) is 0 Å². The van der Waals surface area contributed by atoms with Gasteiger partial charge in [0, 0.05) is 7.11 Å². The van der Waals surface area contributed by atoms with Gasteiger partial charge in [0.25, 0.3) is 5.91 Å². The second-order valence-electron chi connectivity index (χ2n) is 2.74. The molecular formula is C5H16N4O7P2. The standard InChI is InChI=1S/C5H16N4O7P2/c1-13-17(11,3-7)15-16-18(12,4-8)14-9-5(10)2-6/h2-4,6-8H2,1H3,(H,9,10). The number of rotatable bonds is 9. The van der Waals surface area contributed by atoms with E-state index < -0.39 is 40.2 Å². The summed E-state index contributed by atoms with van der Waals surface area (Å²) in [7, 11) is -6.71.